The molecule has 0 radical (unpaired) electrons. The van der Waals surface area contributed by atoms with Gasteiger partial charge in [-0.25, -0.2) is 0 Å². The number of aryl methyl sites for hydroxylation is 2. The summed E-state index contributed by atoms with van der Waals surface area (Å²) < 4.78 is 2.08. The highest BCUT2D eigenvalue weighted by Gasteiger charge is 2.28. The molecule has 0 aliphatic carbocycles. The maximum Gasteiger partial charge on any atom is 0.237 e. The summed E-state index contributed by atoms with van der Waals surface area (Å²) in [4.78, 5) is 15.1. The van der Waals surface area contributed by atoms with Crippen molar-refractivity contribution in [2.75, 3.05) is 10.7 Å². The van der Waals surface area contributed by atoms with Crippen molar-refractivity contribution in [3.8, 4) is 11.4 Å². The Bertz CT molecular complexity index is 1030. The molecule has 1 unspecified atom stereocenters. The molecule has 0 bridgehead atoms. The number of aromatic nitrogens is 3. The third-order valence-corrected chi connectivity index (χ3v) is 6.38. The zero-order chi connectivity index (χ0) is 20.4. The number of benzene rings is 2. The van der Waals surface area contributed by atoms with Crippen LogP contribution in [-0.4, -0.2) is 32.5 Å². The van der Waals surface area contributed by atoms with Crippen molar-refractivity contribution < 1.29 is 4.79 Å². The smallest absolute Gasteiger partial charge is 0.237 e. The third-order valence-electron chi connectivity index (χ3n) is 5.43. The Morgan fingerprint density at radius 2 is 2.00 bits per heavy atom. The van der Waals surface area contributed by atoms with Gasteiger partial charge in [-0.2, -0.15) is 0 Å². The molecule has 3 aromatic rings. The summed E-state index contributed by atoms with van der Waals surface area (Å²) in [6.45, 7) is 7.04. The van der Waals surface area contributed by atoms with E-state index in [4.69, 9.17) is 0 Å². The molecule has 5 nitrogen and oxygen atoms in total. The van der Waals surface area contributed by atoms with Crippen molar-refractivity contribution in [1.29, 1.82) is 0 Å². The summed E-state index contributed by atoms with van der Waals surface area (Å²) in [6.07, 6.45) is 2.02. The molecular weight excluding hydrogens is 380 g/mol. The molecule has 0 saturated carbocycles. The fraction of sp³-hybridized carbons (Fsp3) is 0.348. The Morgan fingerprint density at radius 1 is 1.17 bits per heavy atom. The molecule has 1 atom stereocenters. The van der Waals surface area contributed by atoms with E-state index < -0.39 is 0 Å². The van der Waals surface area contributed by atoms with Crippen LogP contribution in [0.5, 0.6) is 0 Å². The molecule has 1 amide bonds. The monoisotopic (exact) mass is 406 g/mol. The zero-order valence-electron chi connectivity index (χ0n) is 17.1. The first-order valence-corrected chi connectivity index (χ1v) is 11.1. The van der Waals surface area contributed by atoms with Crippen LogP contribution in [0.4, 0.5) is 5.69 Å². The van der Waals surface area contributed by atoms with Crippen LogP contribution in [0, 0.1) is 6.92 Å². The van der Waals surface area contributed by atoms with Gasteiger partial charge in [0.15, 0.2) is 11.0 Å². The van der Waals surface area contributed by atoms with Crippen LogP contribution in [0.1, 0.15) is 31.4 Å². The minimum absolute atomic E-state index is 0.123. The maximum atomic E-state index is 13.1. The average Bonchev–Trinajstić information content (AvgIpc) is 3.15. The second kappa shape index (κ2) is 8.41. The van der Waals surface area contributed by atoms with Crippen LogP contribution in [0.3, 0.4) is 0 Å². The summed E-state index contributed by atoms with van der Waals surface area (Å²) >= 11 is 1.47. The Balaban J connectivity index is 1.53. The van der Waals surface area contributed by atoms with E-state index in [0.29, 0.717) is 5.75 Å². The van der Waals surface area contributed by atoms with E-state index in [0.717, 1.165) is 41.6 Å². The molecule has 2 heterocycles. The number of rotatable bonds is 5. The van der Waals surface area contributed by atoms with Gasteiger partial charge in [0.25, 0.3) is 0 Å². The Kier molecular flexibility index (Phi) is 5.72. The van der Waals surface area contributed by atoms with Gasteiger partial charge in [-0.15, -0.1) is 10.2 Å². The fourth-order valence-corrected chi connectivity index (χ4v) is 4.80. The summed E-state index contributed by atoms with van der Waals surface area (Å²) in [6, 6.07) is 16.7. The minimum atomic E-state index is 0.123. The van der Waals surface area contributed by atoms with Crippen LogP contribution in [-0.2, 0) is 17.8 Å². The number of thioether (sulfide) groups is 1. The van der Waals surface area contributed by atoms with Gasteiger partial charge >= 0.3 is 0 Å². The van der Waals surface area contributed by atoms with Gasteiger partial charge in [-0.05, 0) is 51.3 Å². The number of nitrogens with zero attached hydrogens (tertiary/aromatic N) is 4. The standard InChI is InChI=1S/C23H26N4OS/c1-4-26-22(19-10-7-8-16(2)14-19)24-25-23(26)29-15-21(28)27-17(3)12-13-18-9-5-6-11-20(18)27/h5-11,14,17H,4,12-13,15H2,1-3H3. The number of carbonyl (C=O) groups excluding carboxylic acids is 1. The summed E-state index contributed by atoms with van der Waals surface area (Å²) in [5.41, 5.74) is 4.54. The lowest BCUT2D eigenvalue weighted by molar-refractivity contribution is -0.116. The normalized spacial score (nSPS) is 16.0. The zero-order valence-corrected chi connectivity index (χ0v) is 17.9. The van der Waals surface area contributed by atoms with Gasteiger partial charge in [0.2, 0.25) is 5.91 Å². The van der Waals surface area contributed by atoms with E-state index in [1.54, 1.807) is 0 Å². The van der Waals surface area contributed by atoms with Gasteiger partial charge in [-0.3, -0.25) is 4.79 Å². The lowest BCUT2D eigenvalue weighted by Crippen LogP contribution is -2.43. The third kappa shape index (κ3) is 3.94. The molecule has 1 aliphatic heterocycles. The molecule has 4 rings (SSSR count). The molecule has 1 aliphatic rings. The number of hydrogen-bond donors (Lipinski definition) is 0. The first kappa shape index (κ1) is 19.7. The van der Waals surface area contributed by atoms with Crippen molar-refractivity contribution in [1.82, 2.24) is 14.8 Å². The molecule has 2 aromatic carbocycles. The molecule has 0 spiro atoms. The first-order chi connectivity index (χ1) is 14.1. The fourth-order valence-electron chi connectivity index (χ4n) is 3.94. The predicted molar refractivity (Wildman–Crippen MR) is 118 cm³/mol. The molecular formula is C23H26N4OS. The lowest BCUT2D eigenvalue weighted by Gasteiger charge is -2.35. The maximum absolute atomic E-state index is 13.1. The Labute approximate surface area is 176 Å². The van der Waals surface area contributed by atoms with Gasteiger partial charge in [0, 0.05) is 23.8 Å². The quantitative estimate of drug-likeness (QED) is 0.575. The summed E-state index contributed by atoms with van der Waals surface area (Å²) in [7, 11) is 0. The molecule has 29 heavy (non-hydrogen) atoms. The van der Waals surface area contributed by atoms with E-state index in [1.165, 1.54) is 22.9 Å². The van der Waals surface area contributed by atoms with E-state index in [2.05, 4.69) is 65.9 Å². The van der Waals surface area contributed by atoms with E-state index in [9.17, 15) is 4.79 Å². The molecule has 0 N–H and O–H groups in total. The Morgan fingerprint density at radius 3 is 2.79 bits per heavy atom. The van der Waals surface area contributed by atoms with Crippen molar-refractivity contribution in [3.05, 3.63) is 59.7 Å². The predicted octanol–water partition coefficient (Wildman–Crippen LogP) is 4.73. The van der Waals surface area contributed by atoms with E-state index >= 15 is 0 Å². The van der Waals surface area contributed by atoms with E-state index in [-0.39, 0.29) is 11.9 Å². The average molecular weight is 407 g/mol. The SMILES string of the molecule is CCn1c(SCC(=O)N2c3ccccc3CCC2C)nnc1-c1cccc(C)c1. The van der Waals surface area contributed by atoms with Gasteiger partial charge in [0.05, 0.1) is 5.75 Å². The number of hydrogen-bond acceptors (Lipinski definition) is 4. The topological polar surface area (TPSA) is 51.0 Å². The highest BCUT2D eigenvalue weighted by atomic mass is 32.2. The van der Waals surface area contributed by atoms with Crippen molar-refractivity contribution >= 4 is 23.4 Å². The second-order valence-electron chi connectivity index (χ2n) is 7.49. The molecule has 150 valence electrons. The van der Waals surface area contributed by atoms with Gasteiger partial charge in [-0.1, -0.05) is 53.7 Å². The number of fused-ring (bicyclic) bond motifs is 1. The van der Waals surface area contributed by atoms with Crippen LogP contribution >= 0.6 is 11.8 Å². The number of carbonyl (C=O) groups is 1. The summed E-state index contributed by atoms with van der Waals surface area (Å²) in [5, 5.41) is 9.57. The van der Waals surface area contributed by atoms with Crippen LogP contribution in [0.25, 0.3) is 11.4 Å². The van der Waals surface area contributed by atoms with E-state index in [1.807, 2.05) is 23.1 Å². The Hall–Kier alpha value is -2.60. The van der Waals surface area contributed by atoms with Crippen LogP contribution in [0.15, 0.2) is 53.7 Å². The van der Waals surface area contributed by atoms with Crippen molar-refractivity contribution in [2.24, 2.45) is 0 Å². The number of amides is 1. The van der Waals surface area contributed by atoms with Gasteiger partial charge < -0.3 is 9.47 Å². The summed E-state index contributed by atoms with van der Waals surface area (Å²) in [5.74, 6) is 1.32. The van der Waals surface area contributed by atoms with Crippen LogP contribution < -0.4 is 4.90 Å². The molecule has 6 heteroatoms. The molecule has 1 aromatic heterocycles. The molecule has 0 saturated heterocycles. The molecule has 0 fully saturated rings. The number of anilines is 1. The second-order valence-corrected chi connectivity index (χ2v) is 8.43. The van der Waals surface area contributed by atoms with Crippen LogP contribution in [0.2, 0.25) is 0 Å². The van der Waals surface area contributed by atoms with Crippen molar-refractivity contribution in [3.63, 3.8) is 0 Å². The van der Waals surface area contributed by atoms with Crippen molar-refractivity contribution in [2.45, 2.75) is 51.4 Å². The highest BCUT2D eigenvalue weighted by molar-refractivity contribution is 7.99. The lowest BCUT2D eigenvalue weighted by atomic mass is 9.97. The first-order valence-electron chi connectivity index (χ1n) is 10.1. The van der Waals surface area contributed by atoms with Gasteiger partial charge in [0.1, 0.15) is 0 Å². The number of para-hydroxylation sites is 1. The minimum Gasteiger partial charge on any atom is -0.309 e. The largest absolute Gasteiger partial charge is 0.309 e. The highest BCUT2D eigenvalue weighted by Crippen LogP contribution is 2.32.